The number of carbonyl (C=O) groups excluding carboxylic acids is 4. The summed E-state index contributed by atoms with van der Waals surface area (Å²) >= 11 is 0. The summed E-state index contributed by atoms with van der Waals surface area (Å²) in [7, 11) is -2.63. The number of nitrogens with zero attached hydrogens (tertiary/aromatic N) is 1. The largest absolute Gasteiger partial charge is 0.357 e. The lowest BCUT2D eigenvalue weighted by Gasteiger charge is -2.27. The molecular formula is C28H38N3O6P. The van der Waals surface area contributed by atoms with Gasteiger partial charge in [0, 0.05) is 47.9 Å². The molecule has 2 aliphatic rings. The van der Waals surface area contributed by atoms with Crippen LogP contribution in [-0.4, -0.2) is 66.4 Å². The van der Waals surface area contributed by atoms with Crippen molar-refractivity contribution < 1.29 is 28.6 Å². The van der Waals surface area contributed by atoms with Crippen LogP contribution in [0.4, 0.5) is 0 Å². The number of carbonyl (C=O) groups is 4. The van der Waals surface area contributed by atoms with Gasteiger partial charge in [0.05, 0.1) is 12.5 Å². The minimum Gasteiger partial charge on any atom is -0.357 e. The first-order valence-corrected chi connectivity index (χ1v) is 15.1. The van der Waals surface area contributed by atoms with E-state index >= 15 is 0 Å². The molecule has 2 amide bonds. The Balaban J connectivity index is 1.85. The maximum Gasteiger partial charge on any atom is 0.242 e. The quantitative estimate of drug-likeness (QED) is 0.284. The Morgan fingerprint density at radius 2 is 1.76 bits per heavy atom. The maximum absolute atomic E-state index is 13.5. The van der Waals surface area contributed by atoms with Crippen LogP contribution in [0.15, 0.2) is 23.2 Å². The molecule has 3 rings (SSSR count). The molecule has 4 atom stereocenters. The zero-order valence-electron chi connectivity index (χ0n) is 22.7. The molecule has 0 bridgehead atoms. The summed E-state index contributed by atoms with van der Waals surface area (Å²) in [5.41, 5.74) is 0.714. The van der Waals surface area contributed by atoms with E-state index in [0.717, 1.165) is 0 Å². The average Bonchev–Trinajstić information content (AvgIpc) is 3.06. The van der Waals surface area contributed by atoms with Crippen LogP contribution in [0.3, 0.4) is 0 Å². The van der Waals surface area contributed by atoms with Crippen LogP contribution in [0.1, 0.15) is 50.9 Å². The van der Waals surface area contributed by atoms with Crippen molar-refractivity contribution in [2.45, 2.75) is 46.6 Å². The predicted molar refractivity (Wildman–Crippen MR) is 148 cm³/mol. The van der Waals surface area contributed by atoms with Gasteiger partial charge in [-0.15, -0.1) is 0 Å². The summed E-state index contributed by atoms with van der Waals surface area (Å²) in [6.45, 7) is 7.76. The van der Waals surface area contributed by atoms with Gasteiger partial charge < -0.3 is 15.5 Å². The van der Waals surface area contributed by atoms with Crippen molar-refractivity contribution in [3.63, 3.8) is 0 Å². The normalized spacial score (nSPS) is 19.8. The molecule has 0 fully saturated rings. The smallest absolute Gasteiger partial charge is 0.242 e. The molecule has 0 aromatic heterocycles. The number of hydrogen-bond donors (Lipinski definition) is 3. The fraction of sp³-hybridized carbons (Fsp3) is 0.536. The third kappa shape index (κ3) is 6.94. The number of rotatable bonds is 11. The fourth-order valence-electron chi connectivity index (χ4n) is 5.20. The van der Waals surface area contributed by atoms with E-state index in [9.17, 15) is 28.6 Å². The lowest BCUT2D eigenvalue weighted by atomic mass is 9.83. The number of hydrogen-bond acceptors (Lipinski definition) is 6. The van der Waals surface area contributed by atoms with Crippen molar-refractivity contribution in [1.29, 1.82) is 0 Å². The zero-order chi connectivity index (χ0) is 28.2. The molecule has 206 valence electrons. The molecule has 1 aromatic carbocycles. The molecule has 3 N–H and O–H groups in total. The summed E-state index contributed by atoms with van der Waals surface area (Å²) in [5.74, 6) is -3.78. The second-order valence-corrected chi connectivity index (χ2v) is 13.5. The van der Waals surface area contributed by atoms with Gasteiger partial charge >= 0.3 is 0 Å². The number of benzene rings is 1. The van der Waals surface area contributed by atoms with Gasteiger partial charge in [-0.3, -0.25) is 28.7 Å². The summed E-state index contributed by atoms with van der Waals surface area (Å²) in [6.07, 6.45) is 3.14. The van der Waals surface area contributed by atoms with Crippen LogP contribution in [0.2, 0.25) is 0 Å². The zero-order valence-corrected chi connectivity index (χ0v) is 23.6. The van der Waals surface area contributed by atoms with Gasteiger partial charge in [0.15, 0.2) is 11.6 Å². The van der Waals surface area contributed by atoms with Crippen molar-refractivity contribution >= 4 is 48.6 Å². The van der Waals surface area contributed by atoms with Crippen molar-refractivity contribution in [2.75, 3.05) is 25.9 Å². The van der Waals surface area contributed by atoms with E-state index in [0.29, 0.717) is 34.4 Å². The predicted octanol–water partition coefficient (Wildman–Crippen LogP) is 1.29. The van der Waals surface area contributed by atoms with Gasteiger partial charge in [-0.1, -0.05) is 45.9 Å². The van der Waals surface area contributed by atoms with E-state index < -0.39 is 48.9 Å². The number of Topliss-reactive ketones (excluding diaryl/α,β-unsaturated/α-hetero) is 2. The van der Waals surface area contributed by atoms with Gasteiger partial charge in [0.25, 0.3) is 0 Å². The minimum atomic E-state index is -4.12. The molecule has 38 heavy (non-hydrogen) atoms. The summed E-state index contributed by atoms with van der Waals surface area (Å²) in [5, 5.41) is 6.57. The Hall–Kier alpha value is -2.90. The fourth-order valence-corrected chi connectivity index (χ4v) is 7.25. The van der Waals surface area contributed by atoms with Crippen LogP contribution in [0.5, 0.6) is 0 Å². The van der Waals surface area contributed by atoms with E-state index in [1.165, 1.54) is 7.05 Å². The molecule has 1 aliphatic carbocycles. The highest BCUT2D eigenvalue weighted by Gasteiger charge is 2.41. The number of amides is 2. The van der Waals surface area contributed by atoms with E-state index in [2.05, 4.69) is 15.6 Å². The van der Waals surface area contributed by atoms with Crippen LogP contribution in [0.25, 0.3) is 11.6 Å². The van der Waals surface area contributed by atoms with Crippen molar-refractivity contribution in [1.82, 2.24) is 10.6 Å². The van der Waals surface area contributed by atoms with Gasteiger partial charge in [0.1, 0.15) is 6.04 Å². The Labute approximate surface area is 223 Å². The number of nitrogens with one attached hydrogen (secondary N) is 2. The SMILES string of the molecule is CNC(=O)[C@H](CC(C)C)NC(=O)C(CC(C)C)CP(=O)(O)CC1C(=O)C2=c3c(cccc3=CC=NC2)C1=O. The Morgan fingerprint density at radius 1 is 1.08 bits per heavy atom. The summed E-state index contributed by atoms with van der Waals surface area (Å²) < 4.78 is 13.5. The molecule has 1 heterocycles. The van der Waals surface area contributed by atoms with Crippen molar-refractivity contribution in [3.8, 4) is 0 Å². The first-order chi connectivity index (χ1) is 17.8. The molecule has 0 spiro atoms. The number of aliphatic imine (C=N–C) groups is 1. The van der Waals surface area contributed by atoms with Gasteiger partial charge in [-0.2, -0.15) is 0 Å². The average molecular weight is 544 g/mol. The first-order valence-electron chi connectivity index (χ1n) is 13.1. The maximum atomic E-state index is 13.5. The van der Waals surface area contributed by atoms with E-state index in [-0.39, 0.29) is 30.4 Å². The molecule has 0 saturated carbocycles. The Morgan fingerprint density at radius 3 is 2.39 bits per heavy atom. The molecule has 3 unspecified atom stereocenters. The highest BCUT2D eigenvalue weighted by molar-refractivity contribution is 7.58. The van der Waals surface area contributed by atoms with Crippen molar-refractivity contribution in [2.24, 2.45) is 28.7 Å². The van der Waals surface area contributed by atoms with Crippen LogP contribution >= 0.6 is 7.37 Å². The van der Waals surface area contributed by atoms with Crippen molar-refractivity contribution in [3.05, 3.63) is 34.2 Å². The summed E-state index contributed by atoms with van der Waals surface area (Å²) in [6, 6.07) is 4.38. The third-order valence-electron chi connectivity index (χ3n) is 6.89. The topological polar surface area (TPSA) is 142 Å². The van der Waals surface area contributed by atoms with E-state index in [4.69, 9.17) is 0 Å². The number of likely N-dealkylation sites (N-methyl/N-ethyl adjacent to an activating group) is 1. The standard InChI is InChI=1S/C28H38N3O6P/c1-16(2)11-19(27(34)31-23(12-17(3)4)28(35)29-5)14-38(36,37)15-22-25(32)20-8-6-7-18-9-10-30-13-21(24(18)20)26(22)33/h6-10,16-17,19,22-23H,11-15H2,1-5H3,(H,29,35)(H,31,34)(H,36,37)/t19?,22?,23-/m0/s1. The Bertz CT molecular complexity index is 1320. The minimum absolute atomic E-state index is 0.0354. The second-order valence-electron chi connectivity index (χ2n) is 11.0. The molecule has 10 heteroatoms. The molecule has 1 aliphatic heterocycles. The highest BCUT2D eigenvalue weighted by atomic mass is 31.2. The lowest BCUT2D eigenvalue weighted by molar-refractivity contribution is -0.131. The molecule has 0 saturated heterocycles. The second kappa shape index (κ2) is 12.3. The lowest BCUT2D eigenvalue weighted by Crippen LogP contribution is -2.49. The van der Waals surface area contributed by atoms with E-state index in [1.807, 2.05) is 27.7 Å². The van der Waals surface area contributed by atoms with Crippen LogP contribution < -0.4 is 21.1 Å². The van der Waals surface area contributed by atoms with Gasteiger partial charge in [-0.05, 0) is 36.0 Å². The molecule has 1 aromatic rings. The molecular weight excluding hydrogens is 505 g/mol. The first kappa shape index (κ1) is 29.7. The monoisotopic (exact) mass is 543 g/mol. The van der Waals surface area contributed by atoms with Crippen LogP contribution in [0, 0.1) is 23.7 Å². The summed E-state index contributed by atoms with van der Waals surface area (Å²) in [4.78, 5) is 67.6. The highest BCUT2D eigenvalue weighted by Crippen LogP contribution is 2.46. The molecule has 9 nitrogen and oxygen atoms in total. The van der Waals surface area contributed by atoms with Gasteiger partial charge in [0.2, 0.25) is 19.2 Å². The van der Waals surface area contributed by atoms with Gasteiger partial charge in [-0.25, -0.2) is 0 Å². The third-order valence-corrected chi connectivity index (χ3v) is 8.84. The number of ketones is 2. The van der Waals surface area contributed by atoms with Crippen LogP contribution in [-0.2, 0) is 18.9 Å². The Kier molecular flexibility index (Phi) is 9.60. The van der Waals surface area contributed by atoms with E-state index in [1.54, 1.807) is 30.5 Å². The molecule has 0 radical (unpaired) electrons.